The molecule has 0 saturated heterocycles. The minimum absolute atomic E-state index is 0.114. The number of carbonyl (C=O) groups is 1. The van der Waals surface area contributed by atoms with Gasteiger partial charge in [0.25, 0.3) is 5.91 Å². The molecule has 1 aromatic heterocycles. The second-order valence-electron chi connectivity index (χ2n) is 5.82. The van der Waals surface area contributed by atoms with E-state index in [1.54, 1.807) is 30.4 Å². The first-order chi connectivity index (χ1) is 13.7. The Balaban J connectivity index is 1.72. The molecule has 0 aliphatic rings. The minimum Gasteiger partial charge on any atom is -0.471 e. The molecule has 5 nitrogen and oxygen atoms in total. The SMILES string of the molecule is Cc1cc(OCn2ccc(C(=O)Nc3c(F)c(F)c(F)c(F)c3F)n2)ccc1Cl. The molecule has 0 unspecified atom stereocenters. The molecule has 1 heterocycles. The Kier molecular flexibility index (Phi) is 5.73. The standard InChI is InChI=1S/C18H11ClF5N3O2/c1-8-6-9(2-3-10(8)19)29-7-27-5-4-11(26-27)18(28)25-17-15(23)13(21)12(20)14(22)16(17)24/h2-6H,7H2,1H3,(H,25,28). The number of nitrogens with zero attached hydrogens (tertiary/aromatic N) is 2. The van der Waals surface area contributed by atoms with Crippen LogP contribution in [0.5, 0.6) is 5.75 Å². The van der Waals surface area contributed by atoms with Crippen LogP contribution in [0, 0.1) is 36.0 Å². The fourth-order valence-electron chi connectivity index (χ4n) is 2.29. The molecular weight excluding hydrogens is 421 g/mol. The van der Waals surface area contributed by atoms with E-state index in [1.807, 2.05) is 0 Å². The number of ether oxygens (including phenoxy) is 1. The lowest BCUT2D eigenvalue weighted by atomic mass is 10.2. The van der Waals surface area contributed by atoms with Gasteiger partial charge in [-0.15, -0.1) is 0 Å². The molecule has 3 rings (SSSR count). The topological polar surface area (TPSA) is 56.1 Å². The van der Waals surface area contributed by atoms with Crippen molar-refractivity contribution in [2.45, 2.75) is 13.7 Å². The number of hydrogen-bond donors (Lipinski definition) is 1. The van der Waals surface area contributed by atoms with Gasteiger partial charge in [0, 0.05) is 11.2 Å². The maximum absolute atomic E-state index is 13.7. The number of aryl methyl sites for hydroxylation is 1. The van der Waals surface area contributed by atoms with Gasteiger partial charge in [0.2, 0.25) is 5.82 Å². The Morgan fingerprint density at radius 1 is 1.07 bits per heavy atom. The molecule has 0 aliphatic heterocycles. The lowest BCUT2D eigenvalue weighted by Gasteiger charge is -2.09. The third-order valence-electron chi connectivity index (χ3n) is 3.81. The van der Waals surface area contributed by atoms with E-state index in [1.165, 1.54) is 16.9 Å². The average Bonchev–Trinajstić information content (AvgIpc) is 3.18. The second-order valence-corrected chi connectivity index (χ2v) is 6.23. The number of benzene rings is 2. The number of amides is 1. The smallest absolute Gasteiger partial charge is 0.276 e. The number of hydrogen-bond acceptors (Lipinski definition) is 3. The number of aromatic nitrogens is 2. The average molecular weight is 432 g/mol. The quantitative estimate of drug-likeness (QED) is 0.358. The number of nitrogens with one attached hydrogen (secondary N) is 1. The van der Waals surface area contributed by atoms with Gasteiger partial charge in [0.05, 0.1) is 0 Å². The maximum atomic E-state index is 13.7. The van der Waals surface area contributed by atoms with Crippen LogP contribution in [0.2, 0.25) is 5.02 Å². The van der Waals surface area contributed by atoms with E-state index >= 15 is 0 Å². The van der Waals surface area contributed by atoms with Crippen molar-refractivity contribution in [1.29, 1.82) is 0 Å². The van der Waals surface area contributed by atoms with Crippen molar-refractivity contribution >= 4 is 23.2 Å². The molecule has 0 saturated carbocycles. The van der Waals surface area contributed by atoms with Crippen molar-refractivity contribution in [1.82, 2.24) is 9.78 Å². The van der Waals surface area contributed by atoms with Crippen LogP contribution in [0.25, 0.3) is 0 Å². The van der Waals surface area contributed by atoms with E-state index in [-0.39, 0.29) is 12.4 Å². The van der Waals surface area contributed by atoms with E-state index in [0.717, 1.165) is 5.56 Å². The van der Waals surface area contributed by atoms with E-state index in [4.69, 9.17) is 16.3 Å². The minimum atomic E-state index is -2.32. The van der Waals surface area contributed by atoms with Gasteiger partial charge in [-0.3, -0.25) is 4.79 Å². The van der Waals surface area contributed by atoms with Gasteiger partial charge >= 0.3 is 0 Å². The van der Waals surface area contributed by atoms with Gasteiger partial charge in [-0.05, 0) is 36.8 Å². The molecule has 2 aromatic carbocycles. The monoisotopic (exact) mass is 431 g/mol. The molecule has 152 valence electrons. The molecule has 0 bridgehead atoms. The lowest BCUT2D eigenvalue weighted by molar-refractivity contribution is 0.101. The summed E-state index contributed by atoms with van der Waals surface area (Å²) in [6.45, 7) is 1.67. The van der Waals surface area contributed by atoms with Gasteiger partial charge in [-0.25, -0.2) is 26.6 Å². The van der Waals surface area contributed by atoms with Crippen molar-refractivity contribution in [3.8, 4) is 5.75 Å². The van der Waals surface area contributed by atoms with Crippen LogP contribution in [0.4, 0.5) is 27.6 Å². The van der Waals surface area contributed by atoms with E-state index in [0.29, 0.717) is 10.8 Å². The van der Waals surface area contributed by atoms with Crippen molar-refractivity contribution in [3.63, 3.8) is 0 Å². The van der Waals surface area contributed by atoms with Crippen molar-refractivity contribution < 1.29 is 31.5 Å². The number of rotatable bonds is 5. The Labute approximate surface area is 165 Å². The van der Waals surface area contributed by atoms with Crippen LogP contribution in [0.1, 0.15) is 16.1 Å². The fourth-order valence-corrected chi connectivity index (χ4v) is 2.41. The summed E-state index contributed by atoms with van der Waals surface area (Å²) >= 11 is 5.91. The number of anilines is 1. The Morgan fingerprint density at radius 2 is 1.69 bits per heavy atom. The van der Waals surface area contributed by atoms with Crippen LogP contribution in [0.15, 0.2) is 30.5 Å². The molecule has 1 amide bonds. The molecular formula is C18H11ClF5N3O2. The predicted octanol–water partition coefficient (Wildman–Crippen LogP) is 4.83. The first kappa shape index (κ1) is 20.6. The summed E-state index contributed by atoms with van der Waals surface area (Å²) in [6.07, 6.45) is 1.33. The van der Waals surface area contributed by atoms with Crippen LogP contribution in [0.3, 0.4) is 0 Å². The summed E-state index contributed by atoms with van der Waals surface area (Å²) < 4.78 is 73.5. The van der Waals surface area contributed by atoms with Gasteiger partial charge in [-0.2, -0.15) is 5.10 Å². The van der Waals surface area contributed by atoms with Crippen LogP contribution in [-0.4, -0.2) is 15.7 Å². The van der Waals surface area contributed by atoms with Crippen LogP contribution < -0.4 is 10.1 Å². The molecule has 29 heavy (non-hydrogen) atoms. The van der Waals surface area contributed by atoms with Gasteiger partial charge < -0.3 is 10.1 Å². The number of halogens is 6. The van der Waals surface area contributed by atoms with Crippen LogP contribution >= 0.6 is 11.6 Å². The third-order valence-corrected chi connectivity index (χ3v) is 4.24. The van der Waals surface area contributed by atoms with Gasteiger partial charge in [-0.1, -0.05) is 11.6 Å². The molecule has 0 fully saturated rings. The molecule has 0 spiro atoms. The van der Waals surface area contributed by atoms with E-state index in [2.05, 4.69) is 5.10 Å². The van der Waals surface area contributed by atoms with E-state index in [9.17, 15) is 26.7 Å². The first-order valence-corrected chi connectivity index (χ1v) is 8.32. The fraction of sp³-hybridized carbons (Fsp3) is 0.111. The molecule has 0 atom stereocenters. The summed E-state index contributed by atoms with van der Waals surface area (Å²) in [4.78, 5) is 12.1. The molecule has 3 aromatic rings. The summed E-state index contributed by atoms with van der Waals surface area (Å²) in [5, 5.41) is 6.03. The highest BCUT2D eigenvalue weighted by atomic mass is 35.5. The lowest BCUT2D eigenvalue weighted by Crippen LogP contribution is -2.18. The summed E-state index contributed by atoms with van der Waals surface area (Å²) in [6, 6.07) is 6.12. The Bertz CT molecular complexity index is 1070. The van der Waals surface area contributed by atoms with Crippen molar-refractivity contribution in [2.24, 2.45) is 0 Å². The molecule has 11 heteroatoms. The molecule has 1 N–H and O–H groups in total. The number of carbonyl (C=O) groups excluding carboxylic acids is 1. The summed E-state index contributed by atoms with van der Waals surface area (Å²) in [5.41, 5.74) is -1.01. The zero-order chi connectivity index (χ0) is 21.3. The largest absolute Gasteiger partial charge is 0.471 e. The highest BCUT2D eigenvalue weighted by Crippen LogP contribution is 2.27. The Morgan fingerprint density at radius 3 is 2.31 bits per heavy atom. The highest BCUT2D eigenvalue weighted by molar-refractivity contribution is 6.31. The molecule has 0 aliphatic carbocycles. The van der Waals surface area contributed by atoms with Crippen molar-refractivity contribution in [2.75, 3.05) is 5.32 Å². The Hall–Kier alpha value is -3.14. The third kappa shape index (κ3) is 4.16. The summed E-state index contributed by atoms with van der Waals surface area (Å²) in [5.74, 6) is -11.7. The zero-order valence-corrected chi connectivity index (χ0v) is 15.3. The van der Waals surface area contributed by atoms with Gasteiger partial charge in [0.15, 0.2) is 35.7 Å². The molecule has 0 radical (unpaired) electrons. The summed E-state index contributed by atoms with van der Waals surface area (Å²) in [7, 11) is 0. The van der Waals surface area contributed by atoms with Gasteiger partial charge in [0.1, 0.15) is 11.4 Å². The normalized spacial score (nSPS) is 10.9. The maximum Gasteiger partial charge on any atom is 0.276 e. The zero-order valence-electron chi connectivity index (χ0n) is 14.6. The van der Waals surface area contributed by atoms with Crippen molar-refractivity contribution in [3.05, 3.63) is 75.8 Å². The first-order valence-electron chi connectivity index (χ1n) is 7.94. The van der Waals surface area contributed by atoms with Crippen LogP contribution in [-0.2, 0) is 6.73 Å². The second kappa shape index (κ2) is 8.08. The predicted molar refractivity (Wildman–Crippen MR) is 93.2 cm³/mol. The van der Waals surface area contributed by atoms with E-state index < -0.39 is 40.7 Å². The highest BCUT2D eigenvalue weighted by Gasteiger charge is 2.27.